The van der Waals surface area contributed by atoms with Crippen molar-refractivity contribution in [2.24, 2.45) is 5.92 Å². The first-order valence-electron chi connectivity index (χ1n) is 5.79. The quantitative estimate of drug-likeness (QED) is 0.889. The van der Waals surface area contributed by atoms with Crippen LogP contribution in [0.5, 0.6) is 0 Å². The topological polar surface area (TPSA) is 29.9 Å². The molecule has 0 aliphatic heterocycles. The predicted octanol–water partition coefficient (Wildman–Crippen LogP) is 4.59. The molecule has 0 bridgehead atoms. The van der Waals surface area contributed by atoms with E-state index < -0.39 is 0 Å². The average molecular weight is 284 g/mol. The van der Waals surface area contributed by atoms with Crippen molar-refractivity contribution < 1.29 is 0 Å². The maximum Gasteiger partial charge on any atom is 0.207 e. The molecule has 1 aromatic carbocycles. The zero-order chi connectivity index (χ0) is 13.1. The molecule has 1 aromatic heterocycles. The van der Waals surface area contributed by atoms with Crippen LogP contribution in [0.15, 0.2) is 30.6 Å². The molecule has 0 aliphatic rings. The average Bonchev–Trinajstić information content (AvgIpc) is 2.63. The third-order valence-electron chi connectivity index (χ3n) is 2.40. The molecule has 2 aromatic rings. The molecule has 0 unspecified atom stereocenters. The van der Waals surface area contributed by atoms with Crippen molar-refractivity contribution in [3.05, 3.63) is 40.6 Å². The molecule has 18 heavy (non-hydrogen) atoms. The Bertz CT molecular complexity index is 515. The molecule has 5 heteroatoms. The van der Waals surface area contributed by atoms with Gasteiger partial charge in [-0.3, -0.25) is 0 Å². The summed E-state index contributed by atoms with van der Waals surface area (Å²) in [6, 6.07) is 5.35. The van der Waals surface area contributed by atoms with Crippen LogP contribution in [0.25, 0.3) is 0 Å². The van der Waals surface area contributed by atoms with E-state index in [9.17, 15) is 0 Å². The summed E-state index contributed by atoms with van der Waals surface area (Å²) < 4.78 is 2.07. The lowest BCUT2D eigenvalue weighted by atomic mass is 10.2. The van der Waals surface area contributed by atoms with E-state index in [1.807, 2.05) is 18.3 Å². The van der Waals surface area contributed by atoms with Gasteiger partial charge in [0.25, 0.3) is 0 Å². The lowest BCUT2D eigenvalue weighted by molar-refractivity contribution is 0.527. The molecule has 2 rings (SSSR count). The third-order valence-corrected chi connectivity index (χ3v) is 2.83. The number of anilines is 2. The summed E-state index contributed by atoms with van der Waals surface area (Å²) >= 11 is 11.9. The number of hydrogen-bond donors (Lipinski definition) is 1. The first-order chi connectivity index (χ1) is 8.54. The van der Waals surface area contributed by atoms with Crippen molar-refractivity contribution in [3.8, 4) is 0 Å². The minimum absolute atomic E-state index is 0.558. The molecule has 0 saturated carbocycles. The number of nitrogens with zero attached hydrogens (tertiary/aromatic N) is 2. The smallest absolute Gasteiger partial charge is 0.207 e. The summed E-state index contributed by atoms with van der Waals surface area (Å²) in [7, 11) is 0. The summed E-state index contributed by atoms with van der Waals surface area (Å²) in [6.45, 7) is 5.25. The van der Waals surface area contributed by atoms with Gasteiger partial charge in [0.15, 0.2) is 0 Å². The molecule has 0 radical (unpaired) electrons. The highest BCUT2D eigenvalue weighted by molar-refractivity contribution is 6.35. The molecule has 0 aliphatic carbocycles. The largest absolute Gasteiger partial charge is 0.326 e. The lowest BCUT2D eigenvalue weighted by Crippen LogP contribution is -2.07. The first-order valence-corrected chi connectivity index (χ1v) is 6.54. The van der Waals surface area contributed by atoms with Crippen molar-refractivity contribution in [1.82, 2.24) is 9.55 Å². The molecule has 1 heterocycles. The monoisotopic (exact) mass is 283 g/mol. The number of rotatable bonds is 4. The van der Waals surface area contributed by atoms with Gasteiger partial charge in [0, 0.05) is 34.7 Å². The lowest BCUT2D eigenvalue weighted by Gasteiger charge is -2.12. The van der Waals surface area contributed by atoms with Gasteiger partial charge in [0.2, 0.25) is 5.95 Å². The van der Waals surface area contributed by atoms with Crippen molar-refractivity contribution >= 4 is 34.8 Å². The van der Waals surface area contributed by atoms with Gasteiger partial charge < -0.3 is 9.88 Å². The van der Waals surface area contributed by atoms with E-state index >= 15 is 0 Å². The highest BCUT2D eigenvalue weighted by Gasteiger charge is 2.06. The fourth-order valence-electron chi connectivity index (χ4n) is 1.73. The van der Waals surface area contributed by atoms with Crippen molar-refractivity contribution in [1.29, 1.82) is 0 Å². The zero-order valence-corrected chi connectivity index (χ0v) is 11.8. The van der Waals surface area contributed by atoms with E-state index in [1.165, 1.54) is 0 Å². The number of hydrogen-bond acceptors (Lipinski definition) is 2. The molecule has 0 amide bonds. The summed E-state index contributed by atoms with van der Waals surface area (Å²) in [4.78, 5) is 4.29. The summed E-state index contributed by atoms with van der Waals surface area (Å²) in [6.07, 6.45) is 3.73. The highest BCUT2D eigenvalue weighted by Crippen LogP contribution is 2.24. The minimum atomic E-state index is 0.558. The Morgan fingerprint density at radius 1 is 1.22 bits per heavy atom. The predicted molar refractivity (Wildman–Crippen MR) is 76.8 cm³/mol. The molecular weight excluding hydrogens is 269 g/mol. The Kier molecular flexibility index (Phi) is 4.15. The van der Waals surface area contributed by atoms with Gasteiger partial charge in [-0.2, -0.15) is 0 Å². The Balaban J connectivity index is 2.20. The van der Waals surface area contributed by atoms with Gasteiger partial charge in [-0.25, -0.2) is 4.98 Å². The van der Waals surface area contributed by atoms with Crippen LogP contribution in [0.2, 0.25) is 10.0 Å². The van der Waals surface area contributed by atoms with E-state index in [4.69, 9.17) is 23.2 Å². The van der Waals surface area contributed by atoms with Crippen LogP contribution in [0.1, 0.15) is 13.8 Å². The number of nitrogens with one attached hydrogen (secondary N) is 1. The van der Waals surface area contributed by atoms with Gasteiger partial charge in [0.05, 0.1) is 0 Å². The van der Waals surface area contributed by atoms with Gasteiger partial charge in [-0.15, -0.1) is 0 Å². The highest BCUT2D eigenvalue weighted by atomic mass is 35.5. The van der Waals surface area contributed by atoms with Gasteiger partial charge in [-0.05, 0) is 24.1 Å². The van der Waals surface area contributed by atoms with E-state index in [1.54, 1.807) is 12.3 Å². The molecular formula is C13H15Cl2N3. The van der Waals surface area contributed by atoms with Crippen LogP contribution in [-0.4, -0.2) is 9.55 Å². The van der Waals surface area contributed by atoms with Crippen molar-refractivity contribution in [2.45, 2.75) is 20.4 Å². The summed E-state index contributed by atoms with van der Waals surface area (Å²) in [5, 5.41) is 4.43. The second-order valence-electron chi connectivity index (χ2n) is 4.58. The molecule has 1 N–H and O–H groups in total. The Hall–Kier alpha value is -1.19. The van der Waals surface area contributed by atoms with Crippen LogP contribution in [0, 0.1) is 5.92 Å². The van der Waals surface area contributed by atoms with E-state index in [0.29, 0.717) is 16.0 Å². The normalized spacial score (nSPS) is 10.9. The molecule has 0 atom stereocenters. The standard InChI is InChI=1S/C13H15Cl2N3/c1-9(2)8-18-4-3-16-13(18)17-12-6-10(14)5-11(15)7-12/h3-7,9H,8H2,1-2H3,(H,16,17). The summed E-state index contributed by atoms with van der Waals surface area (Å²) in [5.74, 6) is 1.35. The van der Waals surface area contributed by atoms with E-state index in [-0.39, 0.29) is 0 Å². The number of halogens is 2. The van der Waals surface area contributed by atoms with E-state index in [0.717, 1.165) is 18.2 Å². The maximum absolute atomic E-state index is 5.96. The van der Waals surface area contributed by atoms with Crippen molar-refractivity contribution in [3.63, 3.8) is 0 Å². The third kappa shape index (κ3) is 3.40. The Morgan fingerprint density at radius 2 is 1.89 bits per heavy atom. The maximum atomic E-state index is 5.96. The zero-order valence-electron chi connectivity index (χ0n) is 10.3. The Morgan fingerprint density at radius 3 is 2.50 bits per heavy atom. The fourth-order valence-corrected chi connectivity index (χ4v) is 2.26. The molecule has 0 fully saturated rings. The number of benzene rings is 1. The minimum Gasteiger partial charge on any atom is -0.326 e. The van der Waals surface area contributed by atoms with Crippen LogP contribution in [-0.2, 0) is 6.54 Å². The summed E-state index contributed by atoms with van der Waals surface area (Å²) in [5.41, 5.74) is 0.837. The van der Waals surface area contributed by atoms with Crippen LogP contribution >= 0.6 is 23.2 Å². The van der Waals surface area contributed by atoms with Gasteiger partial charge >= 0.3 is 0 Å². The number of imidazole rings is 1. The van der Waals surface area contributed by atoms with Gasteiger partial charge in [0.1, 0.15) is 0 Å². The Labute approximate surface area is 117 Å². The fraction of sp³-hybridized carbons (Fsp3) is 0.308. The van der Waals surface area contributed by atoms with Crippen LogP contribution in [0.3, 0.4) is 0 Å². The molecule has 3 nitrogen and oxygen atoms in total. The molecule has 96 valence electrons. The second kappa shape index (κ2) is 5.63. The first kappa shape index (κ1) is 13.2. The number of aromatic nitrogens is 2. The second-order valence-corrected chi connectivity index (χ2v) is 5.45. The van der Waals surface area contributed by atoms with Crippen molar-refractivity contribution in [2.75, 3.05) is 5.32 Å². The van der Waals surface area contributed by atoms with Gasteiger partial charge in [-0.1, -0.05) is 37.0 Å². The SMILES string of the molecule is CC(C)Cn1ccnc1Nc1cc(Cl)cc(Cl)c1. The van der Waals surface area contributed by atoms with Crippen LogP contribution < -0.4 is 5.32 Å². The molecule has 0 saturated heterocycles. The van der Waals surface area contributed by atoms with E-state index in [2.05, 4.69) is 28.7 Å². The van der Waals surface area contributed by atoms with Crippen LogP contribution in [0.4, 0.5) is 11.6 Å². The molecule has 0 spiro atoms.